The molecule has 0 saturated heterocycles. The third kappa shape index (κ3) is 5.06. The molecule has 0 saturated carbocycles. The van der Waals surface area contributed by atoms with Gasteiger partial charge in [-0.05, 0) is 44.2 Å². The van der Waals surface area contributed by atoms with Crippen LogP contribution in [0.5, 0.6) is 0 Å². The Hall–Kier alpha value is -3.98. The van der Waals surface area contributed by atoms with Crippen LogP contribution in [0.15, 0.2) is 78.9 Å². The Bertz CT molecular complexity index is 1470. The molecule has 0 fully saturated rings. The van der Waals surface area contributed by atoms with Crippen molar-refractivity contribution in [1.82, 2.24) is 15.1 Å². The van der Waals surface area contributed by atoms with Crippen molar-refractivity contribution in [1.29, 1.82) is 0 Å². The van der Waals surface area contributed by atoms with Crippen molar-refractivity contribution in [3.05, 3.63) is 102 Å². The van der Waals surface area contributed by atoms with Crippen LogP contribution >= 0.6 is 11.8 Å². The normalized spacial score (nSPS) is 15.3. The lowest BCUT2D eigenvalue weighted by molar-refractivity contribution is -0.123. The number of carbonyl (C=O) groups excluding carboxylic acids is 2. The summed E-state index contributed by atoms with van der Waals surface area (Å²) in [5.41, 5.74) is 2.85. The molecule has 1 atom stereocenters. The second kappa shape index (κ2) is 10.8. The molecule has 4 aromatic rings. The Morgan fingerprint density at radius 3 is 2.39 bits per heavy atom. The first kappa shape index (κ1) is 25.7. The zero-order chi connectivity index (χ0) is 26.8. The molecule has 1 N–H and O–H groups in total. The van der Waals surface area contributed by atoms with Crippen molar-refractivity contribution in [3.8, 4) is 16.9 Å². The molecular formula is C29H26F2N4O2S. The maximum atomic E-state index is 15.2. The van der Waals surface area contributed by atoms with Crippen LogP contribution in [-0.2, 0) is 9.59 Å². The highest BCUT2D eigenvalue weighted by atomic mass is 32.2. The second-order valence-electron chi connectivity index (χ2n) is 9.25. The van der Waals surface area contributed by atoms with Crippen LogP contribution in [0.1, 0.15) is 30.2 Å². The van der Waals surface area contributed by atoms with Crippen LogP contribution in [-0.4, -0.2) is 39.9 Å². The van der Waals surface area contributed by atoms with Crippen molar-refractivity contribution in [3.63, 3.8) is 0 Å². The van der Waals surface area contributed by atoms with E-state index in [2.05, 4.69) is 5.32 Å². The molecule has 6 nitrogen and oxygen atoms in total. The molecule has 2 heterocycles. The van der Waals surface area contributed by atoms with Gasteiger partial charge in [0.25, 0.3) is 0 Å². The molecule has 9 heteroatoms. The summed E-state index contributed by atoms with van der Waals surface area (Å²) in [5, 5.41) is 7.15. The molecule has 2 amide bonds. The number of fused-ring (bicyclic) bond motifs is 1. The lowest BCUT2D eigenvalue weighted by atomic mass is 9.99. The zero-order valence-electron chi connectivity index (χ0n) is 20.9. The van der Waals surface area contributed by atoms with Crippen LogP contribution in [0.25, 0.3) is 16.9 Å². The highest BCUT2D eigenvalue weighted by Gasteiger charge is 2.38. The minimum Gasteiger partial charge on any atom is -0.352 e. The van der Waals surface area contributed by atoms with Gasteiger partial charge in [0.1, 0.15) is 24.0 Å². The number of hydrogen-bond donors (Lipinski definition) is 1. The third-order valence-corrected chi connectivity index (χ3v) is 7.38. The van der Waals surface area contributed by atoms with Crippen LogP contribution in [0.3, 0.4) is 0 Å². The van der Waals surface area contributed by atoms with Crippen molar-refractivity contribution in [2.45, 2.75) is 25.1 Å². The highest BCUT2D eigenvalue weighted by molar-refractivity contribution is 8.00. The fourth-order valence-corrected chi connectivity index (χ4v) is 5.75. The molecule has 1 aliphatic heterocycles. The van der Waals surface area contributed by atoms with Crippen molar-refractivity contribution in [2.24, 2.45) is 0 Å². The fraction of sp³-hybridized carbons (Fsp3) is 0.207. The maximum Gasteiger partial charge on any atom is 0.240 e. The van der Waals surface area contributed by atoms with Gasteiger partial charge < -0.3 is 5.32 Å². The first-order chi connectivity index (χ1) is 18.3. The second-order valence-corrected chi connectivity index (χ2v) is 10.3. The number of nitrogens with zero attached hydrogens (tertiary/aromatic N) is 3. The molecule has 3 aromatic carbocycles. The van der Waals surface area contributed by atoms with E-state index in [0.717, 1.165) is 5.56 Å². The molecule has 194 valence electrons. The lowest BCUT2D eigenvalue weighted by Crippen LogP contribution is -2.44. The summed E-state index contributed by atoms with van der Waals surface area (Å²) in [5.74, 6) is -1.07. The number of nitrogens with one attached hydrogen (secondary N) is 1. The highest BCUT2D eigenvalue weighted by Crippen LogP contribution is 2.49. The topological polar surface area (TPSA) is 67.2 Å². The van der Waals surface area contributed by atoms with E-state index in [-0.39, 0.29) is 30.2 Å². The average Bonchev–Trinajstić information content (AvgIpc) is 3.22. The van der Waals surface area contributed by atoms with Gasteiger partial charge in [-0.25, -0.2) is 13.5 Å². The summed E-state index contributed by atoms with van der Waals surface area (Å²) in [7, 11) is 0. The number of hydrogen-bond acceptors (Lipinski definition) is 4. The van der Waals surface area contributed by atoms with E-state index in [1.165, 1.54) is 34.9 Å². The Morgan fingerprint density at radius 2 is 1.71 bits per heavy atom. The van der Waals surface area contributed by atoms with E-state index in [1.807, 2.05) is 44.2 Å². The Balaban J connectivity index is 1.81. The molecule has 38 heavy (non-hydrogen) atoms. The van der Waals surface area contributed by atoms with E-state index >= 15 is 4.39 Å². The van der Waals surface area contributed by atoms with Gasteiger partial charge in [-0.2, -0.15) is 5.10 Å². The smallest absolute Gasteiger partial charge is 0.240 e. The average molecular weight is 533 g/mol. The van der Waals surface area contributed by atoms with Crippen molar-refractivity contribution < 1.29 is 18.4 Å². The summed E-state index contributed by atoms with van der Waals surface area (Å²) in [4.78, 5) is 27.9. The molecule has 1 aliphatic rings. The predicted molar refractivity (Wildman–Crippen MR) is 145 cm³/mol. The van der Waals surface area contributed by atoms with Crippen LogP contribution in [0, 0.1) is 11.6 Å². The maximum absolute atomic E-state index is 15.2. The van der Waals surface area contributed by atoms with Crippen molar-refractivity contribution >= 4 is 29.4 Å². The van der Waals surface area contributed by atoms with E-state index in [4.69, 9.17) is 5.10 Å². The van der Waals surface area contributed by atoms with Crippen LogP contribution in [0.2, 0.25) is 0 Å². The molecule has 1 aromatic heterocycles. The number of benzene rings is 3. The molecule has 0 unspecified atom stereocenters. The minimum absolute atomic E-state index is 0.0281. The number of halogens is 2. The van der Waals surface area contributed by atoms with Gasteiger partial charge in [0.15, 0.2) is 0 Å². The van der Waals surface area contributed by atoms with E-state index in [1.54, 1.807) is 35.0 Å². The van der Waals surface area contributed by atoms with Gasteiger partial charge in [-0.1, -0.05) is 48.5 Å². The van der Waals surface area contributed by atoms with E-state index < -0.39 is 16.9 Å². The molecule has 0 bridgehead atoms. The predicted octanol–water partition coefficient (Wildman–Crippen LogP) is 5.51. The van der Waals surface area contributed by atoms with E-state index in [9.17, 15) is 14.0 Å². The monoisotopic (exact) mass is 532 g/mol. The minimum atomic E-state index is -0.585. The number of thioether (sulfide) groups is 1. The number of rotatable bonds is 6. The fourth-order valence-electron chi connectivity index (χ4n) is 4.54. The standard InChI is InChI=1S/C29H26F2N4O2S/c1-18(2)32-24(36)16-34-25(37)17-38-28(22-10-6-7-11-23(22)31)26-27(19-8-4-3-5-9-19)33-35(29(26)34)21-14-12-20(30)13-15-21/h3-15,18,28H,16-17H2,1-2H3,(H,32,36)/t28-/m0/s1. The van der Waals surface area contributed by atoms with Gasteiger partial charge in [-0.3, -0.25) is 14.5 Å². The van der Waals surface area contributed by atoms with Gasteiger partial charge in [0, 0.05) is 22.7 Å². The first-order valence-electron chi connectivity index (χ1n) is 12.2. The summed E-state index contributed by atoms with van der Waals surface area (Å²) in [6.07, 6.45) is 0. The first-order valence-corrected chi connectivity index (χ1v) is 13.3. The van der Waals surface area contributed by atoms with E-state index in [0.29, 0.717) is 28.3 Å². The lowest BCUT2D eigenvalue weighted by Gasteiger charge is -2.23. The van der Waals surface area contributed by atoms with Crippen molar-refractivity contribution in [2.75, 3.05) is 17.2 Å². The molecule has 0 aliphatic carbocycles. The zero-order valence-corrected chi connectivity index (χ0v) is 21.7. The third-order valence-electron chi connectivity index (χ3n) is 6.15. The summed E-state index contributed by atoms with van der Waals surface area (Å²) >= 11 is 1.29. The SMILES string of the molecule is CC(C)NC(=O)CN1C(=O)CS[C@@H](c2ccccc2F)c2c(-c3ccccc3)nn(-c3ccc(F)cc3)c21. The van der Waals surface area contributed by atoms with Gasteiger partial charge in [-0.15, -0.1) is 11.8 Å². The Morgan fingerprint density at radius 1 is 1.03 bits per heavy atom. The molecule has 0 radical (unpaired) electrons. The molecule has 0 spiro atoms. The Labute approximate surface area is 223 Å². The van der Waals surface area contributed by atoms with Crippen LogP contribution in [0.4, 0.5) is 14.6 Å². The summed E-state index contributed by atoms with van der Waals surface area (Å²) < 4.78 is 30.6. The summed E-state index contributed by atoms with van der Waals surface area (Å²) in [6.45, 7) is 3.44. The number of carbonyl (C=O) groups is 2. The number of amides is 2. The van der Waals surface area contributed by atoms with Gasteiger partial charge in [0.2, 0.25) is 11.8 Å². The quantitative estimate of drug-likeness (QED) is 0.356. The number of aromatic nitrogens is 2. The van der Waals surface area contributed by atoms with Gasteiger partial charge >= 0.3 is 0 Å². The largest absolute Gasteiger partial charge is 0.352 e. The number of anilines is 1. The molecule has 5 rings (SSSR count). The summed E-state index contributed by atoms with van der Waals surface area (Å²) in [6, 6.07) is 21.5. The Kier molecular flexibility index (Phi) is 7.28. The van der Waals surface area contributed by atoms with Crippen LogP contribution < -0.4 is 10.2 Å². The molecular weight excluding hydrogens is 506 g/mol. The van der Waals surface area contributed by atoms with Gasteiger partial charge in [0.05, 0.1) is 22.4 Å².